The number of hydrogen-bond donors (Lipinski definition) is 1. The van der Waals surface area contributed by atoms with Gasteiger partial charge in [0.15, 0.2) is 0 Å². The quantitative estimate of drug-likeness (QED) is 0.518. The Hall–Kier alpha value is -3.57. The summed E-state index contributed by atoms with van der Waals surface area (Å²) < 4.78 is 5.48. The number of ether oxygens (including phenoxy) is 1. The van der Waals surface area contributed by atoms with Crippen molar-refractivity contribution in [3.63, 3.8) is 0 Å². The first-order valence-electron chi connectivity index (χ1n) is 10.2. The Kier molecular flexibility index (Phi) is 6.01. The van der Waals surface area contributed by atoms with Gasteiger partial charge in [-0.05, 0) is 43.2 Å². The zero-order chi connectivity index (χ0) is 22.8. The van der Waals surface area contributed by atoms with Crippen LogP contribution in [-0.2, 0) is 16.1 Å². The molecule has 0 saturated heterocycles. The molecule has 0 unspecified atom stereocenters. The van der Waals surface area contributed by atoms with E-state index in [-0.39, 0.29) is 23.7 Å². The third kappa shape index (κ3) is 4.12. The second-order valence-corrected chi connectivity index (χ2v) is 8.13. The molecule has 0 aliphatic carbocycles. The Balaban J connectivity index is 1.78. The number of anilines is 1. The van der Waals surface area contributed by atoms with E-state index in [0.717, 1.165) is 16.7 Å². The summed E-state index contributed by atoms with van der Waals surface area (Å²) in [5, 5.41) is 3.71. The molecule has 1 N–H and O–H groups in total. The zero-order valence-electron chi connectivity index (χ0n) is 18.1. The first kappa shape index (κ1) is 21.7. The third-order valence-corrected chi connectivity index (χ3v) is 5.85. The van der Waals surface area contributed by atoms with Crippen molar-refractivity contribution in [2.75, 3.05) is 12.4 Å². The standard InChI is InChI=1S/C26H23ClN2O3/c1-16-8-11-18(12-9-16)15-29-25(30)23(20-6-4-5-7-22(20)32-3)24(26(29)31)28-19-13-10-17(2)21(27)14-19/h4-14,28H,15H2,1-3H3. The minimum atomic E-state index is -0.395. The molecule has 1 aliphatic rings. The normalized spacial score (nSPS) is 13.7. The molecule has 0 atom stereocenters. The smallest absolute Gasteiger partial charge is 0.278 e. The molecule has 32 heavy (non-hydrogen) atoms. The number of aryl methyl sites for hydroxylation is 2. The van der Waals surface area contributed by atoms with Crippen molar-refractivity contribution in [3.05, 3.63) is 99.7 Å². The molecule has 0 aromatic heterocycles. The Morgan fingerprint density at radius 1 is 0.938 bits per heavy atom. The van der Waals surface area contributed by atoms with Crippen molar-refractivity contribution < 1.29 is 14.3 Å². The fourth-order valence-corrected chi connectivity index (χ4v) is 3.81. The lowest BCUT2D eigenvalue weighted by Gasteiger charge is -2.16. The summed E-state index contributed by atoms with van der Waals surface area (Å²) in [7, 11) is 1.54. The number of carbonyl (C=O) groups is 2. The number of halogens is 1. The van der Waals surface area contributed by atoms with E-state index in [1.807, 2.05) is 62.4 Å². The van der Waals surface area contributed by atoms with Gasteiger partial charge in [0.2, 0.25) is 0 Å². The molecule has 0 radical (unpaired) electrons. The topological polar surface area (TPSA) is 58.6 Å². The van der Waals surface area contributed by atoms with Crippen molar-refractivity contribution in [1.82, 2.24) is 4.90 Å². The van der Waals surface area contributed by atoms with Crippen LogP contribution in [0.5, 0.6) is 5.75 Å². The molecular weight excluding hydrogens is 424 g/mol. The maximum Gasteiger partial charge on any atom is 0.278 e. The number of methoxy groups -OCH3 is 1. The number of amides is 2. The number of nitrogens with one attached hydrogen (secondary N) is 1. The summed E-state index contributed by atoms with van der Waals surface area (Å²) in [4.78, 5) is 28.2. The predicted molar refractivity (Wildman–Crippen MR) is 126 cm³/mol. The Morgan fingerprint density at radius 3 is 2.34 bits per heavy atom. The van der Waals surface area contributed by atoms with Gasteiger partial charge in [0.25, 0.3) is 11.8 Å². The second-order valence-electron chi connectivity index (χ2n) is 7.72. The Labute approximate surface area is 192 Å². The molecule has 2 amide bonds. The van der Waals surface area contributed by atoms with Crippen LogP contribution in [0.4, 0.5) is 5.69 Å². The van der Waals surface area contributed by atoms with Crippen molar-refractivity contribution >= 4 is 34.7 Å². The van der Waals surface area contributed by atoms with Crippen LogP contribution in [0.15, 0.2) is 72.4 Å². The van der Waals surface area contributed by atoms with Crippen molar-refractivity contribution in [2.24, 2.45) is 0 Å². The molecule has 6 heteroatoms. The van der Waals surface area contributed by atoms with Gasteiger partial charge in [-0.1, -0.05) is 65.7 Å². The maximum atomic E-state index is 13.5. The van der Waals surface area contributed by atoms with Gasteiger partial charge in [-0.25, -0.2) is 0 Å². The van der Waals surface area contributed by atoms with Gasteiger partial charge in [0.05, 0.1) is 19.2 Å². The van der Waals surface area contributed by atoms with Crippen molar-refractivity contribution in [2.45, 2.75) is 20.4 Å². The highest BCUT2D eigenvalue weighted by Crippen LogP contribution is 2.36. The number of rotatable bonds is 6. The lowest BCUT2D eigenvalue weighted by atomic mass is 10.0. The number of hydrogen-bond acceptors (Lipinski definition) is 4. The number of para-hydroxylation sites is 1. The van der Waals surface area contributed by atoms with E-state index in [1.54, 1.807) is 18.2 Å². The van der Waals surface area contributed by atoms with E-state index in [9.17, 15) is 9.59 Å². The van der Waals surface area contributed by atoms with Gasteiger partial charge >= 0.3 is 0 Å². The van der Waals surface area contributed by atoms with Crippen LogP contribution < -0.4 is 10.1 Å². The molecular formula is C26H23ClN2O3. The molecule has 4 rings (SSSR count). The summed E-state index contributed by atoms with van der Waals surface area (Å²) in [6, 6.07) is 20.4. The number of carbonyl (C=O) groups excluding carboxylic acids is 2. The first-order chi connectivity index (χ1) is 15.4. The molecule has 0 bridgehead atoms. The molecule has 5 nitrogen and oxygen atoms in total. The molecule has 3 aromatic carbocycles. The van der Waals surface area contributed by atoms with Gasteiger partial charge in [-0.3, -0.25) is 14.5 Å². The van der Waals surface area contributed by atoms with Gasteiger partial charge in [0.1, 0.15) is 11.4 Å². The molecule has 3 aromatic rings. The average Bonchev–Trinajstić information content (AvgIpc) is 3.01. The molecule has 0 saturated carbocycles. The Bertz CT molecular complexity index is 1230. The van der Waals surface area contributed by atoms with Crippen LogP contribution in [-0.4, -0.2) is 23.8 Å². The van der Waals surface area contributed by atoms with Crippen molar-refractivity contribution in [3.8, 4) is 5.75 Å². The van der Waals surface area contributed by atoms with Crippen LogP contribution in [0.3, 0.4) is 0 Å². The summed E-state index contributed by atoms with van der Waals surface area (Å²) in [6.07, 6.45) is 0. The highest BCUT2D eigenvalue weighted by atomic mass is 35.5. The number of benzene rings is 3. The first-order valence-corrected chi connectivity index (χ1v) is 10.6. The summed E-state index contributed by atoms with van der Waals surface area (Å²) in [5.74, 6) is -0.254. The van der Waals surface area contributed by atoms with E-state index < -0.39 is 5.91 Å². The van der Waals surface area contributed by atoms with Crippen LogP contribution >= 0.6 is 11.6 Å². The lowest BCUT2D eigenvalue weighted by molar-refractivity contribution is -0.137. The zero-order valence-corrected chi connectivity index (χ0v) is 18.9. The van der Waals surface area contributed by atoms with E-state index in [2.05, 4.69) is 5.32 Å². The van der Waals surface area contributed by atoms with Gasteiger partial charge in [-0.2, -0.15) is 0 Å². The van der Waals surface area contributed by atoms with Crippen LogP contribution in [0.1, 0.15) is 22.3 Å². The van der Waals surface area contributed by atoms with Crippen LogP contribution in [0, 0.1) is 13.8 Å². The summed E-state index contributed by atoms with van der Waals surface area (Å²) >= 11 is 6.28. The van der Waals surface area contributed by atoms with E-state index in [1.165, 1.54) is 12.0 Å². The lowest BCUT2D eigenvalue weighted by Crippen LogP contribution is -2.32. The fraction of sp³-hybridized carbons (Fsp3) is 0.154. The second kappa shape index (κ2) is 8.89. The molecule has 1 aliphatic heterocycles. The number of imide groups is 1. The van der Waals surface area contributed by atoms with Crippen LogP contribution in [0.25, 0.3) is 5.57 Å². The fourth-order valence-electron chi connectivity index (χ4n) is 3.63. The van der Waals surface area contributed by atoms with E-state index >= 15 is 0 Å². The average molecular weight is 447 g/mol. The monoisotopic (exact) mass is 446 g/mol. The molecule has 0 fully saturated rings. The Morgan fingerprint density at radius 2 is 1.66 bits per heavy atom. The maximum absolute atomic E-state index is 13.5. The highest BCUT2D eigenvalue weighted by molar-refractivity contribution is 6.37. The summed E-state index contributed by atoms with van der Waals surface area (Å²) in [5.41, 5.74) is 4.56. The summed E-state index contributed by atoms with van der Waals surface area (Å²) in [6.45, 7) is 4.07. The van der Waals surface area contributed by atoms with Gasteiger partial charge in [-0.15, -0.1) is 0 Å². The van der Waals surface area contributed by atoms with Crippen LogP contribution in [0.2, 0.25) is 5.02 Å². The van der Waals surface area contributed by atoms with E-state index in [0.29, 0.717) is 22.0 Å². The number of nitrogens with zero attached hydrogens (tertiary/aromatic N) is 1. The highest BCUT2D eigenvalue weighted by Gasteiger charge is 2.40. The largest absolute Gasteiger partial charge is 0.496 e. The SMILES string of the molecule is COc1ccccc1C1=C(Nc2ccc(C)c(Cl)c2)C(=O)N(Cc2ccc(C)cc2)C1=O. The minimum absolute atomic E-state index is 0.177. The van der Waals surface area contributed by atoms with Gasteiger partial charge < -0.3 is 10.1 Å². The molecule has 0 spiro atoms. The molecule has 1 heterocycles. The van der Waals surface area contributed by atoms with E-state index in [4.69, 9.17) is 16.3 Å². The van der Waals surface area contributed by atoms with Gasteiger partial charge in [0, 0.05) is 16.3 Å². The predicted octanol–water partition coefficient (Wildman–Crippen LogP) is 5.36. The van der Waals surface area contributed by atoms with Crippen molar-refractivity contribution in [1.29, 1.82) is 0 Å². The third-order valence-electron chi connectivity index (χ3n) is 5.45. The minimum Gasteiger partial charge on any atom is -0.496 e. The molecule has 162 valence electrons.